The molecule has 0 spiro atoms. The first kappa shape index (κ1) is 17.6. The van der Waals surface area contributed by atoms with Gasteiger partial charge in [0.1, 0.15) is 16.3 Å². The van der Waals surface area contributed by atoms with E-state index in [4.69, 9.17) is 4.52 Å². The highest BCUT2D eigenvalue weighted by molar-refractivity contribution is 7.89. The smallest absolute Gasteiger partial charge is 0.274 e. The largest absolute Gasteiger partial charge is 0.360 e. The van der Waals surface area contributed by atoms with Crippen LogP contribution in [0.2, 0.25) is 0 Å². The molecule has 25 heavy (non-hydrogen) atoms. The van der Waals surface area contributed by atoms with Gasteiger partial charge >= 0.3 is 0 Å². The molecule has 0 saturated carbocycles. The number of carbonyl (C=O) groups excluding carboxylic acids is 1. The van der Waals surface area contributed by atoms with Crippen molar-refractivity contribution in [1.82, 2.24) is 24.6 Å². The highest BCUT2D eigenvalue weighted by Gasteiger charge is 2.38. The summed E-state index contributed by atoms with van der Waals surface area (Å²) in [5, 5.41) is 10.5. The number of nitrogens with one attached hydrogen (secondary N) is 1. The molecule has 0 radical (unpaired) electrons. The lowest BCUT2D eigenvalue weighted by Crippen LogP contribution is -2.55. The molecule has 3 rings (SSSR count). The second-order valence-corrected chi connectivity index (χ2v) is 8.13. The van der Waals surface area contributed by atoms with Gasteiger partial charge in [-0.25, -0.2) is 8.42 Å². The van der Waals surface area contributed by atoms with Gasteiger partial charge in [0.15, 0.2) is 5.76 Å². The van der Waals surface area contributed by atoms with Crippen LogP contribution in [0.3, 0.4) is 0 Å². The quantitative estimate of drug-likeness (QED) is 0.861. The van der Waals surface area contributed by atoms with Gasteiger partial charge in [0.25, 0.3) is 5.91 Å². The van der Waals surface area contributed by atoms with Crippen molar-refractivity contribution in [3.05, 3.63) is 28.9 Å². The number of piperazine rings is 1. The number of aromatic amines is 1. The van der Waals surface area contributed by atoms with E-state index in [2.05, 4.69) is 15.4 Å². The Labute approximate surface area is 146 Å². The number of aryl methyl sites for hydroxylation is 3. The van der Waals surface area contributed by atoms with Crippen LogP contribution in [0.25, 0.3) is 0 Å². The number of hydrogen-bond acceptors (Lipinski definition) is 6. The minimum Gasteiger partial charge on any atom is -0.360 e. The van der Waals surface area contributed by atoms with Crippen LogP contribution < -0.4 is 0 Å². The van der Waals surface area contributed by atoms with Crippen molar-refractivity contribution in [1.29, 1.82) is 0 Å². The molecular formula is C15H21N5O4S. The number of aromatic nitrogens is 3. The highest BCUT2D eigenvalue weighted by Crippen LogP contribution is 2.26. The minimum absolute atomic E-state index is 0.113. The molecular weight excluding hydrogens is 346 g/mol. The number of rotatable bonds is 3. The van der Waals surface area contributed by atoms with Gasteiger partial charge in [-0.15, -0.1) is 0 Å². The molecule has 10 heteroatoms. The maximum Gasteiger partial charge on any atom is 0.274 e. The van der Waals surface area contributed by atoms with Crippen LogP contribution in [0.4, 0.5) is 0 Å². The van der Waals surface area contributed by atoms with Crippen molar-refractivity contribution in [2.24, 2.45) is 0 Å². The molecule has 136 valence electrons. The van der Waals surface area contributed by atoms with Crippen molar-refractivity contribution >= 4 is 15.9 Å². The zero-order valence-corrected chi connectivity index (χ0v) is 15.4. The third-order valence-corrected chi connectivity index (χ3v) is 6.57. The molecule has 1 aliphatic rings. The first-order valence-corrected chi connectivity index (χ1v) is 9.42. The zero-order chi connectivity index (χ0) is 18.4. The zero-order valence-electron chi connectivity index (χ0n) is 14.6. The van der Waals surface area contributed by atoms with Crippen LogP contribution in [-0.2, 0) is 10.0 Å². The summed E-state index contributed by atoms with van der Waals surface area (Å²) in [6.07, 6.45) is 0. The normalized spacial score (nSPS) is 19.4. The van der Waals surface area contributed by atoms with Gasteiger partial charge in [-0.05, 0) is 33.8 Å². The second kappa shape index (κ2) is 6.26. The molecule has 0 bridgehead atoms. The number of H-pyrrole nitrogens is 1. The molecule has 1 amide bonds. The van der Waals surface area contributed by atoms with E-state index in [-0.39, 0.29) is 29.1 Å². The SMILES string of the molecule is Cc1cc(C(=O)N2CCN(S(=O)(=O)c3c(C)noc3C)[C@H](C)C2)n[nH]1. The number of carbonyl (C=O) groups is 1. The van der Waals surface area contributed by atoms with E-state index in [0.29, 0.717) is 24.5 Å². The molecule has 2 aromatic heterocycles. The lowest BCUT2D eigenvalue weighted by atomic mass is 10.2. The first-order valence-electron chi connectivity index (χ1n) is 7.98. The molecule has 3 heterocycles. The number of sulfonamides is 1. The highest BCUT2D eigenvalue weighted by atomic mass is 32.2. The van der Waals surface area contributed by atoms with E-state index in [0.717, 1.165) is 5.69 Å². The van der Waals surface area contributed by atoms with Crippen molar-refractivity contribution in [3.63, 3.8) is 0 Å². The summed E-state index contributed by atoms with van der Waals surface area (Å²) in [6, 6.07) is 1.32. The van der Waals surface area contributed by atoms with Gasteiger partial charge in [0, 0.05) is 31.4 Å². The van der Waals surface area contributed by atoms with E-state index in [1.165, 1.54) is 4.31 Å². The lowest BCUT2D eigenvalue weighted by molar-refractivity contribution is 0.0636. The Kier molecular flexibility index (Phi) is 4.41. The van der Waals surface area contributed by atoms with E-state index < -0.39 is 10.0 Å². The van der Waals surface area contributed by atoms with Crippen molar-refractivity contribution in [2.45, 2.75) is 38.6 Å². The van der Waals surface area contributed by atoms with Gasteiger partial charge in [-0.3, -0.25) is 9.89 Å². The maximum absolute atomic E-state index is 13.0. The summed E-state index contributed by atoms with van der Waals surface area (Å²) in [7, 11) is -3.72. The third kappa shape index (κ3) is 3.07. The fourth-order valence-electron chi connectivity index (χ4n) is 3.13. The molecule has 0 aliphatic carbocycles. The molecule has 0 unspecified atom stereocenters. The average molecular weight is 367 g/mol. The Hall–Kier alpha value is -2.20. The van der Waals surface area contributed by atoms with Gasteiger partial charge < -0.3 is 9.42 Å². The Morgan fingerprint density at radius 3 is 2.56 bits per heavy atom. The summed E-state index contributed by atoms with van der Waals surface area (Å²) in [5.74, 6) is 0.0702. The molecule has 1 aliphatic heterocycles. The Morgan fingerprint density at radius 2 is 2.04 bits per heavy atom. The first-order chi connectivity index (χ1) is 11.7. The van der Waals surface area contributed by atoms with Crippen LogP contribution in [0.1, 0.15) is 34.6 Å². The van der Waals surface area contributed by atoms with E-state index in [9.17, 15) is 13.2 Å². The van der Waals surface area contributed by atoms with Gasteiger partial charge in [-0.1, -0.05) is 5.16 Å². The summed E-state index contributed by atoms with van der Waals surface area (Å²) in [6.45, 7) is 7.60. The van der Waals surface area contributed by atoms with Crippen molar-refractivity contribution in [3.8, 4) is 0 Å². The van der Waals surface area contributed by atoms with E-state index in [1.807, 2.05) is 6.92 Å². The monoisotopic (exact) mass is 367 g/mol. The molecule has 1 atom stereocenters. The number of hydrogen-bond donors (Lipinski definition) is 1. The molecule has 0 aromatic carbocycles. The Bertz CT molecular complexity index is 881. The van der Waals surface area contributed by atoms with Gasteiger partial charge in [-0.2, -0.15) is 9.40 Å². The van der Waals surface area contributed by atoms with Crippen molar-refractivity contribution < 1.29 is 17.7 Å². The van der Waals surface area contributed by atoms with Gasteiger partial charge in [0.2, 0.25) is 10.0 Å². The molecule has 9 nitrogen and oxygen atoms in total. The summed E-state index contributed by atoms with van der Waals surface area (Å²) in [5.41, 5.74) is 1.48. The van der Waals surface area contributed by atoms with Crippen LogP contribution in [0, 0.1) is 20.8 Å². The van der Waals surface area contributed by atoms with E-state index in [1.54, 1.807) is 31.7 Å². The molecule has 2 aromatic rings. The van der Waals surface area contributed by atoms with Crippen LogP contribution in [0.15, 0.2) is 15.5 Å². The third-order valence-electron chi connectivity index (χ3n) is 4.31. The standard InChI is InChI=1S/C15H21N5O4S/c1-9-7-13(17-16-9)15(21)19-5-6-20(10(2)8-19)25(22,23)14-11(3)18-24-12(14)4/h7,10H,5-6,8H2,1-4H3,(H,16,17)/t10-/m1/s1. The van der Waals surface area contributed by atoms with Crippen LogP contribution >= 0.6 is 0 Å². The predicted octanol–water partition coefficient (Wildman–Crippen LogP) is 0.858. The van der Waals surface area contributed by atoms with Gasteiger partial charge in [0.05, 0.1) is 0 Å². The lowest BCUT2D eigenvalue weighted by Gasteiger charge is -2.38. The summed E-state index contributed by atoms with van der Waals surface area (Å²) in [4.78, 5) is 14.2. The Morgan fingerprint density at radius 1 is 1.32 bits per heavy atom. The minimum atomic E-state index is -3.72. The molecule has 1 N–H and O–H groups in total. The topological polar surface area (TPSA) is 112 Å². The number of nitrogens with zero attached hydrogens (tertiary/aromatic N) is 4. The van der Waals surface area contributed by atoms with E-state index >= 15 is 0 Å². The molecule has 1 fully saturated rings. The second-order valence-electron chi connectivity index (χ2n) is 6.31. The summed E-state index contributed by atoms with van der Waals surface area (Å²) >= 11 is 0. The average Bonchev–Trinajstić information content (AvgIpc) is 3.12. The predicted molar refractivity (Wildman–Crippen MR) is 88.6 cm³/mol. The fraction of sp³-hybridized carbons (Fsp3) is 0.533. The van der Waals surface area contributed by atoms with Crippen molar-refractivity contribution in [2.75, 3.05) is 19.6 Å². The maximum atomic E-state index is 13.0. The summed E-state index contributed by atoms with van der Waals surface area (Å²) < 4.78 is 32.3. The number of amides is 1. The van der Waals surface area contributed by atoms with Crippen LogP contribution in [0.5, 0.6) is 0 Å². The molecule has 1 saturated heterocycles. The fourth-order valence-corrected chi connectivity index (χ4v) is 5.04. The Balaban J connectivity index is 1.79. The van der Waals surface area contributed by atoms with Crippen LogP contribution in [-0.4, -0.2) is 64.6 Å².